The van der Waals surface area contributed by atoms with Crippen LogP contribution in [0.5, 0.6) is 11.5 Å². The number of hydrogen-bond donors (Lipinski definition) is 1. The van der Waals surface area contributed by atoms with E-state index in [9.17, 15) is 13.2 Å². The number of ether oxygens (including phenoxy) is 2. The minimum atomic E-state index is -4.70. The van der Waals surface area contributed by atoms with Crippen LogP contribution < -0.4 is 14.8 Å². The first-order chi connectivity index (χ1) is 15.5. The first-order valence-electron chi connectivity index (χ1n) is 10.6. The normalized spacial score (nSPS) is 15.8. The Kier molecular flexibility index (Phi) is 6.97. The molecule has 0 bridgehead atoms. The Morgan fingerprint density at radius 3 is 1.91 bits per heavy atom. The Hall–Kier alpha value is -3.03. The van der Waals surface area contributed by atoms with Crippen LogP contribution in [-0.2, 0) is 6.61 Å². The average Bonchev–Trinajstić information content (AvgIpc) is 2.80. The summed E-state index contributed by atoms with van der Waals surface area (Å²) in [5.41, 5.74) is 3.07. The molecule has 1 aliphatic rings. The van der Waals surface area contributed by atoms with Gasteiger partial charge in [0, 0.05) is 26.2 Å². The summed E-state index contributed by atoms with van der Waals surface area (Å²) in [6.45, 7) is 3.91. The van der Waals surface area contributed by atoms with Crippen molar-refractivity contribution in [1.29, 1.82) is 0 Å². The molecule has 0 amide bonds. The van der Waals surface area contributed by atoms with E-state index in [4.69, 9.17) is 4.74 Å². The molecule has 0 unspecified atom stereocenters. The lowest BCUT2D eigenvalue weighted by Crippen LogP contribution is -2.45. The van der Waals surface area contributed by atoms with Crippen LogP contribution >= 0.6 is 0 Å². The van der Waals surface area contributed by atoms with Crippen LogP contribution in [0.4, 0.5) is 13.2 Å². The maximum absolute atomic E-state index is 12.5. The first kappa shape index (κ1) is 22.2. The van der Waals surface area contributed by atoms with E-state index in [0.29, 0.717) is 6.61 Å². The van der Waals surface area contributed by atoms with Gasteiger partial charge in [-0.3, -0.25) is 4.90 Å². The van der Waals surface area contributed by atoms with Gasteiger partial charge in [0.25, 0.3) is 0 Å². The van der Waals surface area contributed by atoms with Gasteiger partial charge in [-0.05, 0) is 41.0 Å². The molecule has 0 spiro atoms. The van der Waals surface area contributed by atoms with Gasteiger partial charge in [-0.15, -0.1) is 13.2 Å². The van der Waals surface area contributed by atoms with Crippen LogP contribution in [-0.4, -0.2) is 37.4 Å². The summed E-state index contributed by atoms with van der Waals surface area (Å²) in [5, 5.41) is 3.34. The van der Waals surface area contributed by atoms with Gasteiger partial charge in [0.2, 0.25) is 0 Å². The molecule has 1 N–H and O–H groups in total. The molecule has 0 aliphatic carbocycles. The summed E-state index contributed by atoms with van der Waals surface area (Å²) < 4.78 is 47.5. The second-order valence-electron chi connectivity index (χ2n) is 7.65. The van der Waals surface area contributed by atoms with E-state index in [1.807, 2.05) is 54.6 Å². The number of hydrogen-bond acceptors (Lipinski definition) is 4. The van der Waals surface area contributed by atoms with Crippen molar-refractivity contribution in [2.75, 3.05) is 26.2 Å². The van der Waals surface area contributed by atoms with Gasteiger partial charge in [0.1, 0.15) is 18.1 Å². The minimum absolute atomic E-state index is 0.0692. The minimum Gasteiger partial charge on any atom is -0.489 e. The molecule has 4 rings (SSSR count). The molecule has 7 heteroatoms. The summed E-state index contributed by atoms with van der Waals surface area (Å²) in [6, 6.07) is 23.9. The molecule has 0 radical (unpaired) electrons. The quantitative estimate of drug-likeness (QED) is 0.548. The van der Waals surface area contributed by atoms with Crippen LogP contribution in [0, 0.1) is 0 Å². The van der Waals surface area contributed by atoms with Gasteiger partial charge in [0.05, 0.1) is 6.04 Å². The lowest BCUT2D eigenvalue weighted by Gasteiger charge is -2.35. The molecule has 1 aliphatic heterocycles. The monoisotopic (exact) mass is 442 g/mol. The van der Waals surface area contributed by atoms with Gasteiger partial charge in [-0.25, -0.2) is 0 Å². The molecule has 3 aromatic rings. The Morgan fingerprint density at radius 1 is 0.781 bits per heavy atom. The number of nitrogens with zero attached hydrogens (tertiary/aromatic N) is 1. The number of halogens is 3. The Labute approximate surface area is 185 Å². The molecular weight excluding hydrogens is 417 g/mol. The standard InChI is InChI=1S/C25H25F3N2O2/c26-25(27,28)32-23-12-8-21(9-13-23)24(30-16-14-29-15-17-30)20-6-10-22(11-7-20)31-18-19-4-2-1-3-5-19/h1-13,24,29H,14-18H2/t24-/m0/s1. The number of piperazine rings is 1. The van der Waals surface area contributed by atoms with Crippen LogP contribution in [0.1, 0.15) is 22.7 Å². The molecule has 1 heterocycles. The van der Waals surface area contributed by atoms with E-state index in [1.54, 1.807) is 12.1 Å². The van der Waals surface area contributed by atoms with Gasteiger partial charge >= 0.3 is 6.36 Å². The second kappa shape index (κ2) is 10.1. The van der Waals surface area contributed by atoms with Crippen LogP contribution in [0.25, 0.3) is 0 Å². The molecule has 4 nitrogen and oxygen atoms in total. The average molecular weight is 442 g/mol. The third-order valence-electron chi connectivity index (χ3n) is 5.39. The summed E-state index contributed by atoms with van der Waals surface area (Å²) in [7, 11) is 0. The van der Waals surface area contributed by atoms with Crippen molar-refractivity contribution in [3.8, 4) is 11.5 Å². The van der Waals surface area contributed by atoms with Gasteiger partial charge < -0.3 is 14.8 Å². The lowest BCUT2D eigenvalue weighted by molar-refractivity contribution is -0.274. The summed E-state index contributed by atoms with van der Waals surface area (Å²) >= 11 is 0. The highest BCUT2D eigenvalue weighted by atomic mass is 19.4. The topological polar surface area (TPSA) is 33.7 Å². The predicted octanol–water partition coefficient (Wildman–Crippen LogP) is 5.16. The lowest BCUT2D eigenvalue weighted by atomic mass is 9.96. The van der Waals surface area contributed by atoms with Gasteiger partial charge in [0.15, 0.2) is 0 Å². The summed E-state index contributed by atoms with van der Waals surface area (Å²) in [4.78, 5) is 2.33. The second-order valence-corrected chi connectivity index (χ2v) is 7.65. The van der Waals surface area contributed by atoms with E-state index in [-0.39, 0.29) is 11.8 Å². The number of nitrogens with one attached hydrogen (secondary N) is 1. The van der Waals surface area contributed by atoms with E-state index in [0.717, 1.165) is 48.6 Å². The Morgan fingerprint density at radius 2 is 1.34 bits per heavy atom. The van der Waals surface area contributed by atoms with Crippen molar-refractivity contribution < 1.29 is 22.6 Å². The van der Waals surface area contributed by atoms with Crippen LogP contribution in [0.3, 0.4) is 0 Å². The van der Waals surface area contributed by atoms with Gasteiger partial charge in [-0.2, -0.15) is 0 Å². The third-order valence-corrected chi connectivity index (χ3v) is 5.39. The highest BCUT2D eigenvalue weighted by Crippen LogP contribution is 2.32. The van der Waals surface area contributed by atoms with Crippen molar-refractivity contribution in [1.82, 2.24) is 10.2 Å². The largest absolute Gasteiger partial charge is 0.573 e. The van der Waals surface area contributed by atoms with Crippen molar-refractivity contribution >= 4 is 0 Å². The Bertz CT molecular complexity index is 971. The fourth-order valence-corrected chi connectivity index (χ4v) is 3.89. The van der Waals surface area contributed by atoms with E-state index in [1.165, 1.54) is 12.1 Å². The summed E-state index contributed by atoms with van der Waals surface area (Å²) in [6.07, 6.45) is -4.70. The zero-order valence-electron chi connectivity index (χ0n) is 17.5. The fraction of sp³-hybridized carbons (Fsp3) is 0.280. The van der Waals surface area contributed by atoms with Gasteiger partial charge in [-0.1, -0.05) is 54.6 Å². The Balaban J connectivity index is 1.52. The molecule has 3 aromatic carbocycles. The number of rotatable bonds is 7. The van der Waals surface area contributed by atoms with Crippen molar-refractivity contribution in [2.24, 2.45) is 0 Å². The molecular formula is C25H25F3N2O2. The smallest absolute Gasteiger partial charge is 0.489 e. The fourth-order valence-electron chi connectivity index (χ4n) is 3.89. The van der Waals surface area contributed by atoms with Crippen molar-refractivity contribution in [3.05, 3.63) is 95.6 Å². The van der Waals surface area contributed by atoms with Crippen molar-refractivity contribution in [2.45, 2.75) is 19.0 Å². The first-order valence-corrected chi connectivity index (χ1v) is 10.6. The van der Waals surface area contributed by atoms with Crippen LogP contribution in [0.2, 0.25) is 0 Å². The predicted molar refractivity (Wildman–Crippen MR) is 117 cm³/mol. The zero-order valence-corrected chi connectivity index (χ0v) is 17.5. The highest BCUT2D eigenvalue weighted by Gasteiger charge is 2.31. The van der Waals surface area contributed by atoms with E-state index in [2.05, 4.69) is 15.0 Å². The van der Waals surface area contributed by atoms with Crippen LogP contribution in [0.15, 0.2) is 78.9 Å². The molecule has 0 saturated carbocycles. The maximum Gasteiger partial charge on any atom is 0.573 e. The molecule has 32 heavy (non-hydrogen) atoms. The van der Waals surface area contributed by atoms with E-state index >= 15 is 0 Å². The van der Waals surface area contributed by atoms with E-state index < -0.39 is 6.36 Å². The SMILES string of the molecule is FC(F)(F)Oc1ccc([C@H](c2ccc(OCc3ccccc3)cc2)N2CCNCC2)cc1. The number of benzene rings is 3. The molecule has 1 atom stereocenters. The third kappa shape index (κ3) is 6.02. The molecule has 1 saturated heterocycles. The molecule has 1 fully saturated rings. The zero-order chi connectivity index (χ0) is 22.4. The molecule has 0 aromatic heterocycles. The van der Waals surface area contributed by atoms with Crippen molar-refractivity contribution in [3.63, 3.8) is 0 Å². The molecule has 168 valence electrons. The summed E-state index contributed by atoms with van der Waals surface area (Å²) in [5.74, 6) is 0.551. The highest BCUT2D eigenvalue weighted by molar-refractivity contribution is 5.38. The number of alkyl halides is 3. The maximum atomic E-state index is 12.5.